The van der Waals surface area contributed by atoms with Gasteiger partial charge in [-0.2, -0.15) is 0 Å². The third-order valence-electron chi connectivity index (χ3n) is 4.60. The first-order valence-electron chi connectivity index (χ1n) is 7.40. The Morgan fingerprint density at radius 3 is 2.50 bits per heavy atom. The molecule has 1 aromatic rings. The van der Waals surface area contributed by atoms with Gasteiger partial charge >= 0.3 is 12.1 Å². The zero-order chi connectivity index (χ0) is 15.7. The van der Waals surface area contributed by atoms with Gasteiger partial charge in [-0.1, -0.05) is 0 Å². The molecule has 1 aromatic carbocycles. The Bertz CT molecular complexity index is 575. The largest absolute Gasteiger partial charge is 0.497 e. The van der Waals surface area contributed by atoms with E-state index in [1.165, 1.54) is 0 Å². The predicted molar refractivity (Wildman–Crippen MR) is 79.1 cm³/mol. The molecule has 2 fully saturated rings. The van der Waals surface area contributed by atoms with Gasteiger partial charge in [0.05, 0.1) is 19.6 Å². The number of methoxy groups -OCH3 is 1. The summed E-state index contributed by atoms with van der Waals surface area (Å²) >= 11 is 0. The number of hydrogen-bond donors (Lipinski definition) is 1. The number of carboxylic acid groups (broad SMARTS) is 1. The second-order valence-electron chi connectivity index (χ2n) is 5.95. The summed E-state index contributed by atoms with van der Waals surface area (Å²) in [5.41, 5.74) is 0.228. The molecule has 0 aromatic heterocycles. The van der Waals surface area contributed by atoms with Crippen LogP contribution in [-0.4, -0.2) is 36.4 Å². The van der Waals surface area contributed by atoms with Gasteiger partial charge in [0.15, 0.2) is 0 Å². The normalized spacial score (nSPS) is 27.8. The lowest BCUT2D eigenvalue weighted by Crippen LogP contribution is -2.40. The molecular weight excluding hydrogens is 286 g/mol. The molecule has 6 heteroatoms. The highest BCUT2D eigenvalue weighted by Gasteiger charge is 2.48. The quantitative estimate of drug-likeness (QED) is 0.929. The van der Waals surface area contributed by atoms with E-state index in [0.29, 0.717) is 32.2 Å². The van der Waals surface area contributed by atoms with E-state index in [9.17, 15) is 9.59 Å². The van der Waals surface area contributed by atoms with Crippen LogP contribution in [0.3, 0.4) is 0 Å². The number of aliphatic carboxylic acids is 1. The van der Waals surface area contributed by atoms with Crippen molar-refractivity contribution in [1.82, 2.24) is 0 Å². The average molecular weight is 305 g/mol. The second-order valence-corrected chi connectivity index (χ2v) is 5.95. The van der Waals surface area contributed by atoms with E-state index in [1.54, 1.807) is 24.1 Å². The van der Waals surface area contributed by atoms with Gasteiger partial charge < -0.3 is 14.6 Å². The summed E-state index contributed by atoms with van der Waals surface area (Å²) < 4.78 is 10.7. The molecule has 1 aliphatic heterocycles. The first-order chi connectivity index (χ1) is 10.5. The zero-order valence-corrected chi connectivity index (χ0v) is 12.4. The number of carboxylic acids is 1. The minimum Gasteiger partial charge on any atom is -0.497 e. The van der Waals surface area contributed by atoms with Gasteiger partial charge in [0.2, 0.25) is 0 Å². The van der Waals surface area contributed by atoms with Crippen LogP contribution in [-0.2, 0) is 9.53 Å². The van der Waals surface area contributed by atoms with Crippen molar-refractivity contribution in [3.63, 3.8) is 0 Å². The topological polar surface area (TPSA) is 76.1 Å². The SMILES string of the molecule is COc1ccc(N2CC3(CCC(C(=O)O)CC3)OC2=O)cc1. The van der Waals surface area contributed by atoms with Crippen molar-refractivity contribution in [1.29, 1.82) is 0 Å². The summed E-state index contributed by atoms with van der Waals surface area (Å²) in [6.45, 7) is 0.477. The molecule has 118 valence electrons. The number of amides is 1. The molecule has 6 nitrogen and oxygen atoms in total. The number of nitrogens with zero attached hydrogens (tertiary/aromatic N) is 1. The first kappa shape index (κ1) is 14.7. The number of hydrogen-bond acceptors (Lipinski definition) is 4. The summed E-state index contributed by atoms with van der Waals surface area (Å²) in [5.74, 6) is -0.349. The third kappa shape index (κ3) is 2.61. The van der Waals surface area contributed by atoms with E-state index in [4.69, 9.17) is 14.6 Å². The molecule has 1 saturated heterocycles. The lowest BCUT2D eigenvalue weighted by molar-refractivity contribution is -0.144. The Morgan fingerprint density at radius 1 is 1.32 bits per heavy atom. The van der Waals surface area contributed by atoms with Crippen molar-refractivity contribution in [2.75, 3.05) is 18.6 Å². The number of anilines is 1. The van der Waals surface area contributed by atoms with Crippen LogP contribution in [0.15, 0.2) is 24.3 Å². The zero-order valence-electron chi connectivity index (χ0n) is 12.4. The standard InChI is InChI=1S/C16H19NO5/c1-21-13-4-2-12(3-5-13)17-10-16(22-15(17)20)8-6-11(7-9-16)14(18)19/h2-5,11H,6-10H2,1H3,(H,18,19). The lowest BCUT2D eigenvalue weighted by atomic mass is 9.79. The van der Waals surface area contributed by atoms with Crippen molar-refractivity contribution in [2.24, 2.45) is 5.92 Å². The summed E-state index contributed by atoms with van der Waals surface area (Å²) in [6, 6.07) is 7.24. The number of ether oxygens (including phenoxy) is 2. The fourth-order valence-corrected chi connectivity index (χ4v) is 3.24. The van der Waals surface area contributed by atoms with Crippen LogP contribution >= 0.6 is 0 Å². The van der Waals surface area contributed by atoms with Gasteiger partial charge in [0, 0.05) is 5.69 Å². The van der Waals surface area contributed by atoms with Crippen LogP contribution in [0, 0.1) is 5.92 Å². The summed E-state index contributed by atoms with van der Waals surface area (Å²) in [7, 11) is 1.59. The molecule has 0 bridgehead atoms. The maximum atomic E-state index is 12.2. The molecule has 1 spiro atoms. The van der Waals surface area contributed by atoms with Crippen molar-refractivity contribution < 1.29 is 24.2 Å². The van der Waals surface area contributed by atoms with Crippen LogP contribution in [0.1, 0.15) is 25.7 Å². The Labute approximate surface area is 128 Å². The van der Waals surface area contributed by atoms with Crippen molar-refractivity contribution >= 4 is 17.7 Å². The number of benzene rings is 1. The monoisotopic (exact) mass is 305 g/mol. The highest BCUT2D eigenvalue weighted by molar-refractivity contribution is 5.90. The van der Waals surface area contributed by atoms with Crippen LogP contribution in [0.2, 0.25) is 0 Å². The Morgan fingerprint density at radius 2 is 1.95 bits per heavy atom. The molecule has 2 aliphatic rings. The molecule has 3 rings (SSSR count). The van der Waals surface area contributed by atoms with E-state index in [0.717, 1.165) is 11.4 Å². The highest BCUT2D eigenvalue weighted by Crippen LogP contribution is 2.41. The Hall–Kier alpha value is -2.24. The van der Waals surface area contributed by atoms with E-state index >= 15 is 0 Å². The Balaban J connectivity index is 1.71. The van der Waals surface area contributed by atoms with Gasteiger partial charge in [-0.25, -0.2) is 4.79 Å². The first-order valence-corrected chi connectivity index (χ1v) is 7.40. The van der Waals surface area contributed by atoms with E-state index in [2.05, 4.69) is 0 Å². The van der Waals surface area contributed by atoms with E-state index in [1.807, 2.05) is 12.1 Å². The molecule has 1 aliphatic carbocycles. The number of rotatable bonds is 3. The predicted octanol–water partition coefficient (Wildman–Crippen LogP) is 2.67. The van der Waals surface area contributed by atoms with Crippen molar-refractivity contribution in [2.45, 2.75) is 31.3 Å². The van der Waals surface area contributed by atoms with Gasteiger partial charge in [0.25, 0.3) is 0 Å². The van der Waals surface area contributed by atoms with Gasteiger partial charge in [-0.3, -0.25) is 9.69 Å². The maximum Gasteiger partial charge on any atom is 0.415 e. The van der Waals surface area contributed by atoms with Gasteiger partial charge in [0.1, 0.15) is 11.4 Å². The van der Waals surface area contributed by atoms with E-state index in [-0.39, 0.29) is 12.0 Å². The fraction of sp³-hybridized carbons (Fsp3) is 0.500. The highest BCUT2D eigenvalue weighted by atomic mass is 16.6. The molecule has 1 saturated carbocycles. The van der Waals surface area contributed by atoms with Crippen molar-refractivity contribution in [3.05, 3.63) is 24.3 Å². The van der Waals surface area contributed by atoms with Crippen LogP contribution in [0.4, 0.5) is 10.5 Å². The average Bonchev–Trinajstić information content (AvgIpc) is 2.84. The summed E-state index contributed by atoms with van der Waals surface area (Å²) in [6.07, 6.45) is 1.95. The van der Waals surface area contributed by atoms with Crippen molar-refractivity contribution in [3.8, 4) is 5.75 Å². The molecular formula is C16H19NO5. The van der Waals surface area contributed by atoms with E-state index < -0.39 is 11.6 Å². The van der Waals surface area contributed by atoms with Crippen LogP contribution in [0.25, 0.3) is 0 Å². The molecule has 22 heavy (non-hydrogen) atoms. The smallest absolute Gasteiger partial charge is 0.415 e. The lowest BCUT2D eigenvalue weighted by Gasteiger charge is -2.33. The Kier molecular flexibility index (Phi) is 3.68. The molecule has 1 heterocycles. The number of carbonyl (C=O) groups is 2. The minimum atomic E-state index is -0.758. The van der Waals surface area contributed by atoms with Gasteiger partial charge in [-0.15, -0.1) is 0 Å². The molecule has 0 unspecified atom stereocenters. The maximum absolute atomic E-state index is 12.2. The van der Waals surface area contributed by atoms with Gasteiger partial charge in [-0.05, 0) is 49.9 Å². The minimum absolute atomic E-state index is 0.320. The summed E-state index contributed by atoms with van der Waals surface area (Å²) in [5, 5.41) is 9.07. The molecule has 0 atom stereocenters. The van der Waals surface area contributed by atoms with Crippen LogP contribution < -0.4 is 9.64 Å². The van der Waals surface area contributed by atoms with Crippen LogP contribution in [0.5, 0.6) is 5.75 Å². The molecule has 1 N–H and O–H groups in total. The molecule has 1 amide bonds. The third-order valence-corrected chi connectivity index (χ3v) is 4.60. The summed E-state index contributed by atoms with van der Waals surface area (Å²) in [4.78, 5) is 24.8. The second kappa shape index (κ2) is 5.51. The fourth-order valence-electron chi connectivity index (χ4n) is 3.24. The number of carbonyl (C=O) groups excluding carboxylic acids is 1. The molecule has 0 radical (unpaired) electrons.